The van der Waals surface area contributed by atoms with Crippen LogP contribution in [0.1, 0.15) is 30.1 Å². The van der Waals surface area contributed by atoms with Crippen LogP contribution in [0.5, 0.6) is 5.75 Å². The summed E-state index contributed by atoms with van der Waals surface area (Å²) in [5.41, 5.74) is -0.242. The van der Waals surface area contributed by atoms with Crippen LogP contribution in [0.15, 0.2) is 6.20 Å². The van der Waals surface area contributed by atoms with Crippen LogP contribution in [0.2, 0.25) is 0 Å². The molecule has 9 nitrogen and oxygen atoms in total. The second-order valence-electron chi connectivity index (χ2n) is 8.13. The van der Waals surface area contributed by atoms with Gasteiger partial charge in [0.15, 0.2) is 11.6 Å². The number of anilines is 3. The fourth-order valence-corrected chi connectivity index (χ4v) is 4.17. The Balaban J connectivity index is 1.57. The molecule has 168 valence electrons. The molecule has 1 saturated carbocycles. The van der Waals surface area contributed by atoms with Gasteiger partial charge in [0, 0.05) is 19.2 Å². The maximum Gasteiger partial charge on any atom is 0.421 e. The Kier molecular flexibility index (Phi) is 4.93. The second kappa shape index (κ2) is 7.52. The van der Waals surface area contributed by atoms with Crippen molar-refractivity contribution in [2.75, 3.05) is 37.6 Å². The Hall–Kier alpha value is -2.60. The molecule has 4 heterocycles. The van der Waals surface area contributed by atoms with Crippen molar-refractivity contribution in [3.8, 4) is 5.75 Å². The SMILES string of the molecule is COC1CC(n2nc(C)c3c2Nc2ncc(C(F)(F)F)c(n2)NC2COC[C@H]2CO3)C1. The van der Waals surface area contributed by atoms with E-state index in [0.29, 0.717) is 23.9 Å². The number of methoxy groups -OCH3 is 1. The van der Waals surface area contributed by atoms with Crippen LogP contribution >= 0.6 is 0 Å². The summed E-state index contributed by atoms with van der Waals surface area (Å²) >= 11 is 0. The van der Waals surface area contributed by atoms with E-state index in [1.165, 1.54) is 0 Å². The third kappa shape index (κ3) is 3.67. The van der Waals surface area contributed by atoms with E-state index in [0.717, 1.165) is 19.0 Å². The molecular formula is C19H23F3N6O3. The molecule has 1 saturated heterocycles. The lowest BCUT2D eigenvalue weighted by Gasteiger charge is -2.35. The summed E-state index contributed by atoms with van der Waals surface area (Å²) in [6.07, 6.45) is -2.07. The van der Waals surface area contributed by atoms with Crippen LogP contribution in [0.25, 0.3) is 0 Å². The monoisotopic (exact) mass is 440 g/mol. The van der Waals surface area contributed by atoms with Crippen molar-refractivity contribution in [1.82, 2.24) is 19.7 Å². The highest BCUT2D eigenvalue weighted by Gasteiger charge is 2.39. The first-order valence-corrected chi connectivity index (χ1v) is 10.1. The molecule has 1 aliphatic carbocycles. The predicted molar refractivity (Wildman–Crippen MR) is 104 cm³/mol. The molecule has 31 heavy (non-hydrogen) atoms. The summed E-state index contributed by atoms with van der Waals surface area (Å²) in [4.78, 5) is 8.07. The Bertz CT molecular complexity index is 976. The lowest BCUT2D eigenvalue weighted by molar-refractivity contribution is -0.137. The maximum atomic E-state index is 13.5. The number of hydrogen-bond donors (Lipinski definition) is 2. The van der Waals surface area contributed by atoms with Gasteiger partial charge in [0.05, 0.1) is 38.0 Å². The van der Waals surface area contributed by atoms with E-state index >= 15 is 0 Å². The first-order chi connectivity index (χ1) is 14.8. The number of halogens is 3. The zero-order valence-electron chi connectivity index (χ0n) is 17.1. The summed E-state index contributed by atoms with van der Waals surface area (Å²) < 4.78 is 59.4. The highest BCUT2D eigenvalue weighted by atomic mass is 19.4. The van der Waals surface area contributed by atoms with Gasteiger partial charge in [-0.1, -0.05) is 0 Å². The Labute approximate surface area is 176 Å². The van der Waals surface area contributed by atoms with E-state index in [1.807, 2.05) is 6.92 Å². The lowest BCUT2D eigenvalue weighted by atomic mass is 9.89. The van der Waals surface area contributed by atoms with Gasteiger partial charge >= 0.3 is 6.18 Å². The van der Waals surface area contributed by atoms with Crippen molar-refractivity contribution in [1.29, 1.82) is 0 Å². The van der Waals surface area contributed by atoms with Crippen LogP contribution < -0.4 is 15.4 Å². The Morgan fingerprint density at radius 1 is 1.23 bits per heavy atom. The van der Waals surface area contributed by atoms with Gasteiger partial charge in [0.1, 0.15) is 17.1 Å². The zero-order valence-corrected chi connectivity index (χ0v) is 17.1. The van der Waals surface area contributed by atoms with Crippen molar-refractivity contribution in [3.63, 3.8) is 0 Å². The third-order valence-electron chi connectivity index (χ3n) is 6.07. The Morgan fingerprint density at radius 3 is 2.77 bits per heavy atom. The highest BCUT2D eigenvalue weighted by Crippen LogP contribution is 2.42. The number of ether oxygens (including phenoxy) is 3. The van der Waals surface area contributed by atoms with Crippen molar-refractivity contribution in [3.05, 3.63) is 17.5 Å². The van der Waals surface area contributed by atoms with Gasteiger partial charge in [0.2, 0.25) is 5.95 Å². The van der Waals surface area contributed by atoms with Gasteiger partial charge in [-0.05, 0) is 19.8 Å². The van der Waals surface area contributed by atoms with Gasteiger partial charge in [-0.3, -0.25) is 0 Å². The molecule has 2 aliphatic heterocycles. The van der Waals surface area contributed by atoms with Gasteiger partial charge in [0.25, 0.3) is 0 Å². The summed E-state index contributed by atoms with van der Waals surface area (Å²) in [6, 6.07) is -0.280. The number of fused-ring (bicyclic) bond motifs is 4. The smallest absolute Gasteiger partial charge is 0.421 e. The number of rotatable bonds is 2. The average Bonchev–Trinajstić information content (AvgIpc) is 3.22. The summed E-state index contributed by atoms with van der Waals surface area (Å²) in [5.74, 6) is 0.676. The number of hydrogen-bond acceptors (Lipinski definition) is 8. The standard InChI is InChI=1S/C19H23F3N6O3/c1-9-15-17(28(27-9)11-3-12(4-11)29-2)26-18-23-5-13(19(20,21)22)16(25-18)24-14-8-30-6-10(14)7-31-15/h5,10-12,14H,3-4,6-8H2,1-2H3,(H2,23,24,25,26)/t10-,11?,12?,14?/m0/s1. The van der Waals surface area contributed by atoms with E-state index in [9.17, 15) is 13.2 Å². The average molecular weight is 440 g/mol. The van der Waals surface area contributed by atoms with E-state index in [2.05, 4.69) is 25.7 Å². The van der Waals surface area contributed by atoms with Crippen LogP contribution in [0, 0.1) is 12.8 Å². The number of alkyl halides is 3. The molecule has 5 rings (SSSR count). The molecule has 2 bridgehead atoms. The van der Waals surface area contributed by atoms with Gasteiger partial charge in [-0.15, -0.1) is 0 Å². The molecule has 2 fully saturated rings. The quantitative estimate of drug-likeness (QED) is 0.736. The molecule has 2 aromatic heterocycles. The van der Waals surface area contributed by atoms with Crippen LogP contribution in [-0.4, -0.2) is 58.8 Å². The van der Waals surface area contributed by atoms with Crippen molar-refractivity contribution in [2.24, 2.45) is 5.92 Å². The fraction of sp³-hybridized carbons (Fsp3) is 0.632. The van der Waals surface area contributed by atoms with Gasteiger partial charge < -0.3 is 24.8 Å². The molecule has 2 N–H and O–H groups in total. The molecule has 12 heteroatoms. The molecule has 2 aromatic rings. The van der Waals surface area contributed by atoms with E-state index in [4.69, 9.17) is 14.2 Å². The first-order valence-electron chi connectivity index (χ1n) is 10.1. The largest absolute Gasteiger partial charge is 0.487 e. The minimum atomic E-state index is -4.59. The minimum Gasteiger partial charge on any atom is -0.487 e. The summed E-state index contributed by atoms with van der Waals surface area (Å²) in [6.45, 7) is 2.76. The van der Waals surface area contributed by atoms with Crippen LogP contribution in [-0.2, 0) is 15.7 Å². The molecule has 0 aromatic carbocycles. The number of aromatic nitrogens is 4. The van der Waals surface area contributed by atoms with Gasteiger partial charge in [-0.25, -0.2) is 9.67 Å². The first kappa shape index (κ1) is 20.3. The molecule has 0 radical (unpaired) electrons. The normalized spacial score (nSPS) is 27.6. The number of nitrogens with zero attached hydrogens (tertiary/aromatic N) is 4. The Morgan fingerprint density at radius 2 is 2.03 bits per heavy atom. The topological polar surface area (TPSA) is 95.4 Å². The summed E-state index contributed by atoms with van der Waals surface area (Å²) in [7, 11) is 1.67. The minimum absolute atomic E-state index is 0.0291. The zero-order chi connectivity index (χ0) is 21.8. The van der Waals surface area contributed by atoms with Gasteiger partial charge in [-0.2, -0.15) is 23.3 Å². The molecule has 2 atom stereocenters. The molecule has 0 spiro atoms. The maximum absolute atomic E-state index is 13.5. The van der Waals surface area contributed by atoms with Crippen LogP contribution in [0.4, 0.5) is 30.8 Å². The summed E-state index contributed by atoms with van der Waals surface area (Å²) in [5, 5.41) is 10.6. The third-order valence-corrected chi connectivity index (χ3v) is 6.07. The van der Waals surface area contributed by atoms with E-state index in [1.54, 1.807) is 11.8 Å². The number of nitrogens with one attached hydrogen (secondary N) is 2. The number of aryl methyl sites for hydroxylation is 1. The molecule has 0 amide bonds. The highest BCUT2D eigenvalue weighted by molar-refractivity contribution is 5.62. The van der Waals surface area contributed by atoms with E-state index in [-0.39, 0.29) is 49.1 Å². The molecular weight excluding hydrogens is 417 g/mol. The second-order valence-corrected chi connectivity index (χ2v) is 8.13. The molecule has 1 unspecified atom stereocenters. The van der Waals surface area contributed by atoms with Crippen molar-refractivity contribution < 1.29 is 27.4 Å². The van der Waals surface area contributed by atoms with E-state index < -0.39 is 11.7 Å². The van der Waals surface area contributed by atoms with Crippen molar-refractivity contribution in [2.45, 2.75) is 44.1 Å². The predicted octanol–water partition coefficient (Wildman–Crippen LogP) is 2.91. The lowest BCUT2D eigenvalue weighted by Crippen LogP contribution is -2.33. The fourth-order valence-electron chi connectivity index (χ4n) is 4.17. The van der Waals surface area contributed by atoms with Crippen molar-refractivity contribution >= 4 is 17.6 Å². The van der Waals surface area contributed by atoms with Crippen LogP contribution in [0.3, 0.4) is 0 Å². The molecule has 3 aliphatic rings.